The lowest BCUT2D eigenvalue weighted by Gasteiger charge is -2.25. The Morgan fingerprint density at radius 3 is 2.12 bits per heavy atom. The van der Waals surface area contributed by atoms with E-state index in [9.17, 15) is 33.6 Å². The van der Waals surface area contributed by atoms with Crippen molar-refractivity contribution >= 4 is 54.3 Å². The normalized spacial score (nSPS) is 11.8. The molecule has 0 aromatic heterocycles. The van der Waals surface area contributed by atoms with Gasteiger partial charge in [0.2, 0.25) is 30.9 Å². The molecule has 224 valence electrons. The Balaban J connectivity index is 2.87. The monoisotopic (exact) mass is 574 g/mol. The number of primary amides is 1. The van der Waals surface area contributed by atoms with Gasteiger partial charge < -0.3 is 41.8 Å². The molecule has 0 bridgehead atoms. The zero-order valence-corrected chi connectivity index (χ0v) is 23.8. The number of carbonyl (C=O) groups is 7. The number of nitrogens with one attached hydrogen (secondary N) is 5. The number of anilines is 1. The van der Waals surface area contributed by atoms with Gasteiger partial charge in [0.15, 0.2) is 0 Å². The number of ether oxygens (including phenoxy) is 1. The van der Waals surface area contributed by atoms with E-state index in [4.69, 9.17) is 10.5 Å². The molecule has 0 aliphatic carbocycles. The molecule has 41 heavy (non-hydrogen) atoms. The van der Waals surface area contributed by atoms with Gasteiger partial charge in [-0.15, -0.1) is 0 Å². The summed E-state index contributed by atoms with van der Waals surface area (Å²) in [5.41, 5.74) is 6.08. The van der Waals surface area contributed by atoms with E-state index in [0.717, 1.165) is 0 Å². The Morgan fingerprint density at radius 1 is 0.902 bits per heavy atom. The van der Waals surface area contributed by atoms with Gasteiger partial charge in [0.1, 0.15) is 18.7 Å². The highest BCUT2D eigenvalue weighted by molar-refractivity contribution is 6.75. The highest BCUT2D eigenvalue weighted by Crippen LogP contribution is 2.12. The van der Waals surface area contributed by atoms with Crippen molar-refractivity contribution in [1.29, 1.82) is 0 Å². The SMILES string of the molecule is CC(=O)BCC(=O)NCC(=O)NC(C(=O)NC(CCCNC(N)=O)C(=O)Nc1ccc(COC(C)=O)cc1)C(C)C. The Bertz CT molecular complexity index is 1100. The number of esters is 1. The molecule has 0 fully saturated rings. The molecule has 6 amide bonds. The number of rotatable bonds is 17. The van der Waals surface area contributed by atoms with E-state index in [0.29, 0.717) is 17.7 Å². The summed E-state index contributed by atoms with van der Waals surface area (Å²) in [6.07, 6.45) is 0.411. The second-order valence-corrected chi connectivity index (χ2v) is 9.73. The number of benzene rings is 1. The highest BCUT2D eigenvalue weighted by atomic mass is 16.5. The van der Waals surface area contributed by atoms with Crippen LogP contribution >= 0.6 is 0 Å². The fourth-order valence-electron chi connectivity index (χ4n) is 3.46. The molecule has 7 N–H and O–H groups in total. The average molecular weight is 574 g/mol. The number of amides is 6. The summed E-state index contributed by atoms with van der Waals surface area (Å²) in [7, 11) is 0.0569. The maximum Gasteiger partial charge on any atom is 0.312 e. The van der Waals surface area contributed by atoms with Crippen molar-refractivity contribution in [2.24, 2.45) is 11.7 Å². The van der Waals surface area contributed by atoms with Crippen LogP contribution in [0.5, 0.6) is 0 Å². The standard InChI is InChI=1S/C26H39BN6O8/c1-15(2)23(33-22(37)13-30-21(36)12-27-16(3)34)25(39)32-20(6-5-11-29-26(28)40)24(38)31-19-9-7-18(8-10-19)14-41-17(4)35/h7-10,15,20,23,27H,5-6,11-14H2,1-4H3,(H,30,36)(H,31,38)(H,32,39)(H,33,37)(H3,28,29,40). The largest absolute Gasteiger partial charge is 0.461 e. The molecule has 14 nitrogen and oxygen atoms in total. The molecule has 15 heteroatoms. The molecule has 0 radical (unpaired) electrons. The van der Waals surface area contributed by atoms with Crippen molar-refractivity contribution in [3.63, 3.8) is 0 Å². The smallest absolute Gasteiger partial charge is 0.312 e. The van der Waals surface area contributed by atoms with Crippen LogP contribution in [0.1, 0.15) is 46.1 Å². The van der Waals surface area contributed by atoms with Gasteiger partial charge in [-0.25, -0.2) is 4.79 Å². The van der Waals surface area contributed by atoms with Crippen LogP contribution in [0.15, 0.2) is 24.3 Å². The molecule has 0 heterocycles. The Morgan fingerprint density at radius 2 is 1.56 bits per heavy atom. The number of urea groups is 1. The van der Waals surface area contributed by atoms with E-state index < -0.39 is 47.7 Å². The van der Waals surface area contributed by atoms with E-state index in [1.165, 1.54) is 13.8 Å². The molecular formula is C26H39BN6O8. The van der Waals surface area contributed by atoms with Gasteiger partial charge in [0.05, 0.1) is 12.2 Å². The van der Waals surface area contributed by atoms with Gasteiger partial charge in [0, 0.05) is 25.5 Å². The fraction of sp³-hybridized carbons (Fsp3) is 0.500. The molecular weight excluding hydrogens is 535 g/mol. The first-order valence-electron chi connectivity index (χ1n) is 13.2. The van der Waals surface area contributed by atoms with Gasteiger partial charge in [-0.3, -0.25) is 24.0 Å². The topological polar surface area (TPSA) is 215 Å². The van der Waals surface area contributed by atoms with Crippen LogP contribution in [0.4, 0.5) is 10.5 Å². The molecule has 1 aromatic rings. The maximum atomic E-state index is 13.2. The fourth-order valence-corrected chi connectivity index (χ4v) is 3.46. The van der Waals surface area contributed by atoms with E-state index in [-0.39, 0.29) is 51.3 Å². The summed E-state index contributed by atoms with van der Waals surface area (Å²) in [6, 6.07) is 3.81. The summed E-state index contributed by atoms with van der Waals surface area (Å²) in [6.45, 7) is 5.94. The van der Waals surface area contributed by atoms with Gasteiger partial charge in [-0.2, -0.15) is 0 Å². The quantitative estimate of drug-likeness (QED) is 0.0791. The summed E-state index contributed by atoms with van der Waals surface area (Å²) >= 11 is 0. The second-order valence-electron chi connectivity index (χ2n) is 9.73. The van der Waals surface area contributed by atoms with Crippen molar-refractivity contribution in [3.05, 3.63) is 29.8 Å². The van der Waals surface area contributed by atoms with Crippen LogP contribution in [-0.4, -0.2) is 73.8 Å². The van der Waals surface area contributed by atoms with Gasteiger partial charge >= 0.3 is 12.0 Å². The molecule has 1 rings (SSSR count). The van der Waals surface area contributed by atoms with Gasteiger partial charge in [0.25, 0.3) is 0 Å². The Kier molecular flexibility index (Phi) is 15.2. The lowest BCUT2D eigenvalue weighted by Crippen LogP contribution is -2.55. The summed E-state index contributed by atoms with van der Waals surface area (Å²) < 4.78 is 4.94. The molecule has 0 saturated carbocycles. The van der Waals surface area contributed by atoms with Crippen molar-refractivity contribution in [2.45, 2.75) is 65.5 Å². The van der Waals surface area contributed by atoms with Gasteiger partial charge in [-0.1, -0.05) is 26.0 Å². The maximum absolute atomic E-state index is 13.2. The predicted molar refractivity (Wildman–Crippen MR) is 152 cm³/mol. The van der Waals surface area contributed by atoms with E-state index in [1.54, 1.807) is 38.1 Å². The average Bonchev–Trinajstić information content (AvgIpc) is 2.90. The zero-order valence-electron chi connectivity index (χ0n) is 23.8. The number of hydrogen-bond donors (Lipinski definition) is 6. The minimum Gasteiger partial charge on any atom is -0.461 e. The number of hydrogen-bond acceptors (Lipinski definition) is 8. The molecule has 2 unspecified atom stereocenters. The molecule has 0 spiro atoms. The molecule has 0 aliphatic rings. The summed E-state index contributed by atoms with van der Waals surface area (Å²) in [5, 5.41) is 12.8. The highest BCUT2D eigenvalue weighted by Gasteiger charge is 2.29. The van der Waals surface area contributed by atoms with Crippen LogP contribution in [0.2, 0.25) is 6.32 Å². The minimum absolute atomic E-state index is 0.0486. The third kappa shape index (κ3) is 15.1. The lowest BCUT2D eigenvalue weighted by atomic mass is 9.70. The third-order valence-electron chi connectivity index (χ3n) is 5.68. The van der Waals surface area contributed by atoms with E-state index in [2.05, 4.69) is 26.6 Å². The first kappa shape index (κ1) is 34.6. The molecule has 0 saturated heterocycles. The summed E-state index contributed by atoms with van der Waals surface area (Å²) in [4.78, 5) is 83.5. The summed E-state index contributed by atoms with van der Waals surface area (Å²) in [5.74, 6) is -3.01. The number of nitrogens with two attached hydrogens (primary N) is 1. The lowest BCUT2D eigenvalue weighted by molar-refractivity contribution is -0.142. The predicted octanol–water partition coefficient (Wildman–Crippen LogP) is -0.720. The first-order valence-corrected chi connectivity index (χ1v) is 13.2. The van der Waals surface area contributed by atoms with Crippen molar-refractivity contribution in [3.8, 4) is 0 Å². The molecule has 2 atom stereocenters. The minimum atomic E-state index is -1.03. The second kappa shape index (κ2) is 18.0. The van der Waals surface area contributed by atoms with Crippen LogP contribution in [-0.2, 0) is 40.1 Å². The Hall–Kier alpha value is -4.43. The van der Waals surface area contributed by atoms with Crippen LogP contribution in [0, 0.1) is 5.92 Å². The van der Waals surface area contributed by atoms with E-state index >= 15 is 0 Å². The number of carbonyl (C=O) groups excluding carboxylic acids is 7. The van der Waals surface area contributed by atoms with Gasteiger partial charge in [-0.05, 0) is 43.4 Å². The van der Waals surface area contributed by atoms with Crippen LogP contribution < -0.4 is 32.3 Å². The zero-order chi connectivity index (χ0) is 30.9. The van der Waals surface area contributed by atoms with Crippen molar-refractivity contribution < 1.29 is 38.3 Å². The van der Waals surface area contributed by atoms with Crippen molar-refractivity contribution in [2.75, 3.05) is 18.4 Å². The van der Waals surface area contributed by atoms with Crippen LogP contribution in [0.25, 0.3) is 0 Å². The first-order chi connectivity index (χ1) is 19.3. The molecule has 1 aromatic carbocycles. The van der Waals surface area contributed by atoms with Crippen molar-refractivity contribution in [1.82, 2.24) is 21.3 Å². The van der Waals surface area contributed by atoms with Crippen LogP contribution in [0.3, 0.4) is 0 Å². The Labute approximate surface area is 239 Å². The molecule has 0 aliphatic heterocycles. The third-order valence-corrected chi connectivity index (χ3v) is 5.68. The van der Waals surface area contributed by atoms with E-state index in [1.807, 2.05) is 0 Å².